The summed E-state index contributed by atoms with van der Waals surface area (Å²) in [6.45, 7) is 3.15. The van der Waals surface area contributed by atoms with Gasteiger partial charge in [-0.3, -0.25) is 0 Å². The Morgan fingerprint density at radius 1 is 1.60 bits per heavy atom. The van der Waals surface area contributed by atoms with Crippen molar-refractivity contribution in [1.29, 1.82) is 0 Å². The standard InChI is InChI=1S/C11H19N3O/c1-14-5-3-2-4-11(14)8-12-6-10-7-13-15-9-10/h7,9,11-12H,2-6,8H2,1H3. The average Bonchev–Trinajstić information content (AvgIpc) is 2.74. The van der Waals surface area contributed by atoms with Crippen LogP contribution in [0.1, 0.15) is 24.8 Å². The molecular formula is C11H19N3O. The highest BCUT2D eigenvalue weighted by Crippen LogP contribution is 2.14. The molecule has 1 aliphatic heterocycles. The van der Waals surface area contributed by atoms with E-state index in [-0.39, 0.29) is 0 Å². The predicted octanol–water partition coefficient (Wildman–Crippen LogP) is 1.25. The molecular weight excluding hydrogens is 190 g/mol. The summed E-state index contributed by atoms with van der Waals surface area (Å²) in [7, 11) is 2.21. The molecule has 84 valence electrons. The van der Waals surface area contributed by atoms with Gasteiger partial charge in [0.1, 0.15) is 6.26 Å². The van der Waals surface area contributed by atoms with Crippen LogP contribution in [-0.2, 0) is 6.54 Å². The van der Waals surface area contributed by atoms with Crippen LogP contribution < -0.4 is 5.32 Å². The van der Waals surface area contributed by atoms with Crippen molar-refractivity contribution in [2.45, 2.75) is 31.8 Å². The van der Waals surface area contributed by atoms with E-state index >= 15 is 0 Å². The Kier molecular flexibility index (Phi) is 3.75. The van der Waals surface area contributed by atoms with Gasteiger partial charge in [-0.2, -0.15) is 0 Å². The Bertz CT molecular complexity index is 273. The molecule has 4 nitrogen and oxygen atoms in total. The van der Waals surface area contributed by atoms with E-state index in [1.165, 1.54) is 25.8 Å². The van der Waals surface area contributed by atoms with Gasteiger partial charge in [-0.15, -0.1) is 0 Å². The van der Waals surface area contributed by atoms with E-state index in [1.807, 2.05) is 0 Å². The third-order valence-electron chi connectivity index (χ3n) is 3.11. The fraction of sp³-hybridized carbons (Fsp3) is 0.727. The van der Waals surface area contributed by atoms with Crippen molar-refractivity contribution in [3.63, 3.8) is 0 Å². The Balaban J connectivity index is 1.68. The van der Waals surface area contributed by atoms with Gasteiger partial charge in [-0.1, -0.05) is 11.6 Å². The molecule has 1 unspecified atom stereocenters. The summed E-state index contributed by atoms with van der Waals surface area (Å²) in [4.78, 5) is 2.45. The lowest BCUT2D eigenvalue weighted by molar-refractivity contribution is 0.181. The number of nitrogens with zero attached hydrogens (tertiary/aromatic N) is 2. The topological polar surface area (TPSA) is 41.3 Å². The van der Waals surface area contributed by atoms with Crippen LogP contribution in [-0.4, -0.2) is 36.2 Å². The van der Waals surface area contributed by atoms with Crippen molar-refractivity contribution >= 4 is 0 Å². The molecule has 1 fully saturated rings. The number of hydrogen-bond acceptors (Lipinski definition) is 4. The molecule has 2 rings (SSSR count). The van der Waals surface area contributed by atoms with Crippen LogP contribution in [0, 0.1) is 0 Å². The molecule has 2 heterocycles. The molecule has 4 heteroatoms. The maximum atomic E-state index is 4.78. The van der Waals surface area contributed by atoms with Crippen LogP contribution in [0.5, 0.6) is 0 Å². The van der Waals surface area contributed by atoms with Crippen molar-refractivity contribution in [2.75, 3.05) is 20.1 Å². The molecule has 0 amide bonds. The Morgan fingerprint density at radius 2 is 2.53 bits per heavy atom. The lowest BCUT2D eigenvalue weighted by Gasteiger charge is -2.32. The van der Waals surface area contributed by atoms with Gasteiger partial charge in [0.05, 0.1) is 6.20 Å². The SMILES string of the molecule is CN1CCCCC1CNCc1cnoc1. The minimum absolute atomic E-state index is 0.693. The molecule has 1 N–H and O–H groups in total. The van der Waals surface area contributed by atoms with E-state index in [9.17, 15) is 0 Å². The molecule has 0 radical (unpaired) electrons. The number of nitrogens with one attached hydrogen (secondary N) is 1. The van der Waals surface area contributed by atoms with E-state index in [1.54, 1.807) is 12.5 Å². The van der Waals surface area contributed by atoms with Crippen LogP contribution in [0.25, 0.3) is 0 Å². The lowest BCUT2D eigenvalue weighted by Crippen LogP contribution is -2.42. The zero-order valence-electron chi connectivity index (χ0n) is 9.28. The highest BCUT2D eigenvalue weighted by molar-refractivity contribution is 4.99. The number of likely N-dealkylation sites (N-methyl/N-ethyl adjacent to an activating group) is 1. The molecule has 0 saturated carbocycles. The Labute approximate surface area is 90.6 Å². The van der Waals surface area contributed by atoms with Crippen molar-refractivity contribution in [3.05, 3.63) is 18.0 Å². The molecule has 0 aromatic carbocycles. The minimum atomic E-state index is 0.693. The van der Waals surface area contributed by atoms with Crippen molar-refractivity contribution in [2.24, 2.45) is 0 Å². The van der Waals surface area contributed by atoms with Gasteiger partial charge < -0.3 is 14.7 Å². The summed E-state index contributed by atoms with van der Waals surface area (Å²) in [5.74, 6) is 0. The zero-order chi connectivity index (χ0) is 10.5. The number of likely N-dealkylation sites (tertiary alicyclic amines) is 1. The number of rotatable bonds is 4. The average molecular weight is 209 g/mol. The van der Waals surface area contributed by atoms with Crippen LogP contribution in [0.3, 0.4) is 0 Å². The summed E-state index contributed by atoms with van der Waals surface area (Å²) >= 11 is 0. The second-order valence-corrected chi connectivity index (χ2v) is 4.29. The van der Waals surface area contributed by atoms with Crippen LogP contribution in [0.15, 0.2) is 17.0 Å². The third kappa shape index (κ3) is 3.04. The molecule has 1 aromatic heterocycles. The first-order valence-corrected chi connectivity index (χ1v) is 5.65. The van der Waals surface area contributed by atoms with E-state index in [4.69, 9.17) is 4.52 Å². The number of piperidine rings is 1. The quantitative estimate of drug-likeness (QED) is 0.810. The largest absolute Gasteiger partial charge is 0.364 e. The minimum Gasteiger partial charge on any atom is -0.364 e. The van der Waals surface area contributed by atoms with Crippen LogP contribution >= 0.6 is 0 Å². The van der Waals surface area contributed by atoms with Gasteiger partial charge in [-0.05, 0) is 26.4 Å². The number of aromatic nitrogens is 1. The van der Waals surface area contributed by atoms with Gasteiger partial charge in [0.15, 0.2) is 0 Å². The van der Waals surface area contributed by atoms with Gasteiger partial charge in [0, 0.05) is 24.7 Å². The smallest absolute Gasteiger partial charge is 0.128 e. The second kappa shape index (κ2) is 5.28. The van der Waals surface area contributed by atoms with Crippen molar-refractivity contribution in [3.8, 4) is 0 Å². The van der Waals surface area contributed by atoms with Gasteiger partial charge in [-0.25, -0.2) is 0 Å². The zero-order valence-corrected chi connectivity index (χ0v) is 9.28. The molecule has 1 aromatic rings. The van der Waals surface area contributed by atoms with E-state index in [0.29, 0.717) is 6.04 Å². The van der Waals surface area contributed by atoms with E-state index in [0.717, 1.165) is 18.7 Å². The summed E-state index contributed by atoms with van der Waals surface area (Å²) in [5, 5.41) is 7.12. The second-order valence-electron chi connectivity index (χ2n) is 4.29. The lowest BCUT2D eigenvalue weighted by atomic mass is 10.0. The molecule has 0 bridgehead atoms. The van der Waals surface area contributed by atoms with Gasteiger partial charge in [0.25, 0.3) is 0 Å². The molecule has 1 aliphatic rings. The molecule has 0 aliphatic carbocycles. The first kappa shape index (κ1) is 10.6. The summed E-state index contributed by atoms with van der Waals surface area (Å²) in [6, 6.07) is 0.693. The summed E-state index contributed by atoms with van der Waals surface area (Å²) in [6.07, 6.45) is 7.48. The number of hydrogen-bond donors (Lipinski definition) is 1. The molecule has 1 saturated heterocycles. The normalized spacial score (nSPS) is 23.1. The summed E-state index contributed by atoms with van der Waals surface area (Å²) in [5.41, 5.74) is 1.12. The van der Waals surface area contributed by atoms with Crippen molar-refractivity contribution < 1.29 is 4.52 Å². The molecule has 1 atom stereocenters. The highest BCUT2D eigenvalue weighted by Gasteiger charge is 2.17. The van der Waals surface area contributed by atoms with Gasteiger partial charge >= 0.3 is 0 Å². The van der Waals surface area contributed by atoms with E-state index in [2.05, 4.69) is 22.4 Å². The fourth-order valence-corrected chi connectivity index (χ4v) is 2.10. The first-order valence-electron chi connectivity index (χ1n) is 5.65. The van der Waals surface area contributed by atoms with Gasteiger partial charge in [0.2, 0.25) is 0 Å². The molecule has 15 heavy (non-hydrogen) atoms. The Morgan fingerprint density at radius 3 is 3.27 bits per heavy atom. The van der Waals surface area contributed by atoms with Crippen molar-refractivity contribution in [1.82, 2.24) is 15.4 Å². The predicted molar refractivity (Wildman–Crippen MR) is 58.5 cm³/mol. The Hall–Kier alpha value is -0.870. The highest BCUT2D eigenvalue weighted by atomic mass is 16.5. The summed E-state index contributed by atoms with van der Waals surface area (Å²) < 4.78 is 4.78. The maximum absolute atomic E-state index is 4.78. The van der Waals surface area contributed by atoms with Crippen LogP contribution in [0.4, 0.5) is 0 Å². The fourth-order valence-electron chi connectivity index (χ4n) is 2.10. The maximum Gasteiger partial charge on any atom is 0.128 e. The van der Waals surface area contributed by atoms with Crippen LogP contribution in [0.2, 0.25) is 0 Å². The molecule has 0 spiro atoms. The van der Waals surface area contributed by atoms with E-state index < -0.39 is 0 Å². The third-order valence-corrected chi connectivity index (χ3v) is 3.11. The monoisotopic (exact) mass is 209 g/mol. The first-order chi connectivity index (χ1) is 7.36.